The Balaban J connectivity index is 1.47. The van der Waals surface area contributed by atoms with Crippen LogP contribution in [-0.4, -0.2) is 30.0 Å². The van der Waals surface area contributed by atoms with Crippen molar-refractivity contribution in [2.75, 3.05) is 13.1 Å². The van der Waals surface area contributed by atoms with Crippen LogP contribution in [0.5, 0.6) is 5.75 Å². The van der Waals surface area contributed by atoms with Gasteiger partial charge in [0.15, 0.2) is 0 Å². The van der Waals surface area contributed by atoms with Crippen LogP contribution in [0, 0.1) is 12.7 Å². The second-order valence-electron chi connectivity index (χ2n) is 6.51. The highest BCUT2D eigenvalue weighted by atomic mass is 19.1. The Hall–Kier alpha value is -2.63. The zero-order valence-corrected chi connectivity index (χ0v) is 14.7. The first kappa shape index (κ1) is 18.2. The standard InChI is InChI=1S/C20H22FNO4/c1-14-12-17(13-20(24)25-14)26-16-8-10-22(11-9-16)19(23)7-6-15-4-2-3-5-18(15)21/h2-5,12-13,16H,6-11H2,1H3. The molecule has 1 aromatic heterocycles. The van der Waals surface area contributed by atoms with Crippen molar-refractivity contribution in [3.63, 3.8) is 0 Å². The highest BCUT2D eigenvalue weighted by Crippen LogP contribution is 2.20. The molecule has 3 rings (SSSR count). The van der Waals surface area contributed by atoms with Crippen molar-refractivity contribution in [1.29, 1.82) is 0 Å². The van der Waals surface area contributed by atoms with Gasteiger partial charge < -0.3 is 14.1 Å². The number of nitrogens with zero attached hydrogens (tertiary/aromatic N) is 1. The maximum atomic E-state index is 13.6. The van der Waals surface area contributed by atoms with Crippen LogP contribution >= 0.6 is 0 Å². The van der Waals surface area contributed by atoms with Gasteiger partial charge in [0.2, 0.25) is 5.91 Å². The van der Waals surface area contributed by atoms with E-state index in [4.69, 9.17) is 9.15 Å². The van der Waals surface area contributed by atoms with E-state index in [0.29, 0.717) is 55.8 Å². The predicted molar refractivity (Wildman–Crippen MR) is 94.7 cm³/mol. The van der Waals surface area contributed by atoms with E-state index >= 15 is 0 Å². The van der Waals surface area contributed by atoms with Crippen LogP contribution in [0.25, 0.3) is 0 Å². The van der Waals surface area contributed by atoms with Gasteiger partial charge in [-0.3, -0.25) is 4.79 Å². The molecule has 5 nitrogen and oxygen atoms in total. The number of halogens is 1. The van der Waals surface area contributed by atoms with Crippen molar-refractivity contribution in [2.24, 2.45) is 0 Å². The summed E-state index contributed by atoms with van der Waals surface area (Å²) in [6.07, 6.45) is 2.06. The third-order valence-electron chi connectivity index (χ3n) is 4.53. The van der Waals surface area contributed by atoms with E-state index in [9.17, 15) is 14.0 Å². The Morgan fingerprint density at radius 3 is 2.69 bits per heavy atom. The highest BCUT2D eigenvalue weighted by Gasteiger charge is 2.24. The minimum Gasteiger partial charge on any atom is -0.490 e. The molecule has 0 aliphatic carbocycles. The number of benzene rings is 1. The predicted octanol–water partition coefficient (Wildman–Crippen LogP) is 3.09. The number of hydrogen-bond donors (Lipinski definition) is 0. The lowest BCUT2D eigenvalue weighted by atomic mass is 10.1. The van der Waals surface area contributed by atoms with E-state index < -0.39 is 5.63 Å². The smallest absolute Gasteiger partial charge is 0.339 e. The van der Waals surface area contributed by atoms with Crippen molar-refractivity contribution < 1.29 is 18.3 Å². The van der Waals surface area contributed by atoms with Crippen LogP contribution in [0.2, 0.25) is 0 Å². The molecule has 1 aliphatic rings. The van der Waals surface area contributed by atoms with Gasteiger partial charge in [0.1, 0.15) is 23.4 Å². The van der Waals surface area contributed by atoms with Crippen molar-refractivity contribution in [2.45, 2.75) is 38.7 Å². The van der Waals surface area contributed by atoms with Gasteiger partial charge in [-0.05, 0) is 25.0 Å². The average Bonchev–Trinajstić information content (AvgIpc) is 2.60. The number of hydrogen-bond acceptors (Lipinski definition) is 4. The lowest BCUT2D eigenvalue weighted by molar-refractivity contribution is -0.132. The van der Waals surface area contributed by atoms with E-state index in [0.717, 1.165) is 0 Å². The molecule has 0 atom stereocenters. The molecule has 1 aromatic carbocycles. The molecule has 0 bridgehead atoms. The summed E-state index contributed by atoms with van der Waals surface area (Å²) in [5, 5.41) is 0. The molecule has 2 heterocycles. The highest BCUT2D eigenvalue weighted by molar-refractivity contribution is 5.76. The second-order valence-corrected chi connectivity index (χ2v) is 6.51. The van der Waals surface area contributed by atoms with Crippen LogP contribution in [0.15, 0.2) is 45.6 Å². The number of carbonyl (C=O) groups excluding carboxylic acids is 1. The van der Waals surface area contributed by atoms with Crippen molar-refractivity contribution in [1.82, 2.24) is 4.90 Å². The van der Waals surface area contributed by atoms with Gasteiger partial charge >= 0.3 is 5.63 Å². The van der Waals surface area contributed by atoms with Crippen molar-refractivity contribution in [3.8, 4) is 5.75 Å². The third-order valence-corrected chi connectivity index (χ3v) is 4.53. The Bertz CT molecular complexity index is 825. The number of aryl methyl sites for hydroxylation is 2. The van der Waals surface area contributed by atoms with Crippen molar-refractivity contribution in [3.05, 3.63) is 64.0 Å². The second kappa shape index (κ2) is 8.17. The first-order valence-corrected chi connectivity index (χ1v) is 8.81. The topological polar surface area (TPSA) is 59.8 Å². The lowest BCUT2D eigenvalue weighted by Gasteiger charge is -2.32. The normalized spacial score (nSPS) is 15.1. The summed E-state index contributed by atoms with van der Waals surface area (Å²) in [5.41, 5.74) is 0.137. The van der Waals surface area contributed by atoms with Gasteiger partial charge in [-0.15, -0.1) is 0 Å². The van der Waals surface area contributed by atoms with Crippen molar-refractivity contribution >= 4 is 5.91 Å². The van der Waals surface area contributed by atoms with Gasteiger partial charge in [0, 0.05) is 38.4 Å². The summed E-state index contributed by atoms with van der Waals surface area (Å²) in [5.74, 6) is 0.772. The van der Waals surface area contributed by atoms with Crippen LogP contribution in [-0.2, 0) is 11.2 Å². The molecule has 1 aliphatic heterocycles. The maximum Gasteiger partial charge on any atom is 0.339 e. The van der Waals surface area contributed by atoms with Gasteiger partial charge in [0.25, 0.3) is 0 Å². The largest absolute Gasteiger partial charge is 0.490 e. The third kappa shape index (κ3) is 4.71. The number of amides is 1. The molecule has 1 fully saturated rings. The molecular formula is C20H22FNO4. The van der Waals surface area contributed by atoms with E-state index in [1.54, 1.807) is 36.1 Å². The number of carbonyl (C=O) groups is 1. The molecule has 1 amide bonds. The quantitative estimate of drug-likeness (QED) is 0.823. The Labute approximate surface area is 151 Å². The summed E-state index contributed by atoms with van der Waals surface area (Å²) in [4.78, 5) is 25.5. The minimum absolute atomic E-state index is 0.0305. The Kier molecular flexibility index (Phi) is 5.71. The SMILES string of the molecule is Cc1cc(OC2CCN(C(=O)CCc3ccccc3F)CC2)cc(=O)o1. The first-order chi connectivity index (χ1) is 12.5. The summed E-state index contributed by atoms with van der Waals surface area (Å²) >= 11 is 0. The fraction of sp³-hybridized carbons (Fsp3) is 0.400. The van der Waals surface area contributed by atoms with E-state index in [1.807, 2.05) is 0 Å². The lowest BCUT2D eigenvalue weighted by Crippen LogP contribution is -2.41. The monoisotopic (exact) mass is 359 g/mol. The van der Waals surface area contributed by atoms with Gasteiger partial charge in [-0.25, -0.2) is 9.18 Å². The fourth-order valence-electron chi connectivity index (χ4n) is 3.16. The molecule has 2 aromatic rings. The maximum absolute atomic E-state index is 13.6. The molecule has 0 N–H and O–H groups in total. The molecule has 138 valence electrons. The molecule has 0 saturated carbocycles. The number of ether oxygens (including phenoxy) is 1. The first-order valence-electron chi connectivity index (χ1n) is 8.81. The average molecular weight is 359 g/mol. The number of rotatable bonds is 5. The van der Waals surface area contributed by atoms with Crippen LogP contribution in [0.1, 0.15) is 30.6 Å². The molecule has 0 spiro atoms. The van der Waals surface area contributed by atoms with E-state index in [-0.39, 0.29) is 17.8 Å². The van der Waals surface area contributed by atoms with E-state index in [2.05, 4.69) is 0 Å². The molecule has 26 heavy (non-hydrogen) atoms. The van der Waals surface area contributed by atoms with Gasteiger partial charge in [0.05, 0.1) is 6.07 Å². The minimum atomic E-state index is -0.430. The van der Waals surface area contributed by atoms with Crippen LogP contribution < -0.4 is 10.4 Å². The molecule has 0 radical (unpaired) electrons. The fourth-order valence-corrected chi connectivity index (χ4v) is 3.16. The number of likely N-dealkylation sites (tertiary alicyclic amines) is 1. The zero-order chi connectivity index (χ0) is 18.5. The molecule has 1 saturated heterocycles. The Morgan fingerprint density at radius 2 is 2.00 bits per heavy atom. The molecular weight excluding hydrogens is 337 g/mol. The zero-order valence-electron chi connectivity index (χ0n) is 14.7. The van der Waals surface area contributed by atoms with Crippen LogP contribution in [0.4, 0.5) is 4.39 Å². The summed E-state index contributed by atoms with van der Waals surface area (Å²) in [6.45, 7) is 2.90. The summed E-state index contributed by atoms with van der Waals surface area (Å²) in [7, 11) is 0. The van der Waals surface area contributed by atoms with Gasteiger partial charge in [-0.2, -0.15) is 0 Å². The summed E-state index contributed by atoms with van der Waals surface area (Å²) in [6, 6.07) is 9.56. The molecule has 6 heteroatoms. The van der Waals surface area contributed by atoms with Gasteiger partial charge in [-0.1, -0.05) is 18.2 Å². The molecule has 0 unspecified atom stereocenters. The Morgan fingerprint density at radius 1 is 1.27 bits per heavy atom. The number of piperidine rings is 1. The van der Waals surface area contributed by atoms with Crippen LogP contribution in [0.3, 0.4) is 0 Å². The van der Waals surface area contributed by atoms with E-state index in [1.165, 1.54) is 12.1 Å². The summed E-state index contributed by atoms with van der Waals surface area (Å²) < 4.78 is 24.4.